The molecule has 0 aromatic carbocycles. The largest absolute Gasteiger partial charge is 0.330 e. The van der Waals surface area contributed by atoms with E-state index in [4.69, 9.17) is 5.73 Å². The van der Waals surface area contributed by atoms with Crippen molar-refractivity contribution in [3.63, 3.8) is 0 Å². The van der Waals surface area contributed by atoms with Crippen LogP contribution in [0.3, 0.4) is 0 Å². The number of hydrogen-bond acceptors (Lipinski definition) is 3. The summed E-state index contributed by atoms with van der Waals surface area (Å²) in [6, 6.07) is 0.849. The topological polar surface area (TPSA) is 32.5 Å². The molecule has 2 N–H and O–H groups in total. The number of rotatable bonds is 5. The van der Waals surface area contributed by atoms with Crippen LogP contribution in [0, 0.1) is 5.92 Å². The van der Waals surface area contributed by atoms with Gasteiger partial charge in [0, 0.05) is 12.6 Å². The molecule has 2 heterocycles. The second kappa shape index (κ2) is 8.23. The zero-order valence-electron chi connectivity index (χ0n) is 12.8. The summed E-state index contributed by atoms with van der Waals surface area (Å²) in [4.78, 5) is 5.46. The van der Waals surface area contributed by atoms with Gasteiger partial charge in [0.1, 0.15) is 0 Å². The minimum absolute atomic E-state index is 0.849. The average molecular weight is 267 g/mol. The highest BCUT2D eigenvalue weighted by atomic mass is 15.2. The van der Waals surface area contributed by atoms with Crippen LogP contribution in [0.5, 0.6) is 0 Å². The summed E-state index contributed by atoms with van der Waals surface area (Å²) in [6.45, 7) is 9.75. The fourth-order valence-corrected chi connectivity index (χ4v) is 3.94. The van der Waals surface area contributed by atoms with Crippen molar-refractivity contribution < 1.29 is 0 Å². The van der Waals surface area contributed by atoms with E-state index in [9.17, 15) is 0 Å². The van der Waals surface area contributed by atoms with E-state index in [1.807, 2.05) is 0 Å². The van der Waals surface area contributed by atoms with Crippen molar-refractivity contribution in [1.82, 2.24) is 9.80 Å². The van der Waals surface area contributed by atoms with E-state index in [0.29, 0.717) is 0 Å². The Morgan fingerprint density at radius 2 is 1.89 bits per heavy atom. The van der Waals surface area contributed by atoms with Gasteiger partial charge in [0.15, 0.2) is 0 Å². The third-order valence-corrected chi connectivity index (χ3v) is 4.97. The van der Waals surface area contributed by atoms with Crippen LogP contribution in [0.2, 0.25) is 0 Å². The van der Waals surface area contributed by atoms with Crippen molar-refractivity contribution in [2.24, 2.45) is 11.7 Å². The van der Waals surface area contributed by atoms with E-state index in [1.54, 1.807) is 0 Å². The predicted octanol–water partition coefficient (Wildman–Crippen LogP) is 2.31. The summed E-state index contributed by atoms with van der Waals surface area (Å²) >= 11 is 0. The summed E-state index contributed by atoms with van der Waals surface area (Å²) in [5.74, 6) is 0.869. The minimum atomic E-state index is 0.849. The summed E-state index contributed by atoms with van der Waals surface area (Å²) in [6.07, 6.45) is 9.51. The van der Waals surface area contributed by atoms with Crippen LogP contribution in [0.15, 0.2) is 0 Å². The summed E-state index contributed by atoms with van der Waals surface area (Å²) < 4.78 is 0. The highest BCUT2D eigenvalue weighted by Crippen LogP contribution is 2.25. The first-order valence-electron chi connectivity index (χ1n) is 8.50. The lowest BCUT2D eigenvalue weighted by Gasteiger charge is -2.38. The van der Waals surface area contributed by atoms with Gasteiger partial charge in [0.05, 0.1) is 0 Å². The Morgan fingerprint density at radius 3 is 2.68 bits per heavy atom. The molecule has 0 spiro atoms. The number of nitrogens with two attached hydrogens (primary N) is 1. The Balaban J connectivity index is 1.80. The Hall–Kier alpha value is -0.120. The van der Waals surface area contributed by atoms with Gasteiger partial charge in [0.25, 0.3) is 0 Å². The first-order valence-corrected chi connectivity index (χ1v) is 8.50. The standard InChI is InChI=1S/C16H33N3/c1-2-10-18-11-4-6-16(8-13-18)19-12-3-5-15(14-19)7-9-17/h15-16H,2-14,17H2,1H3. The van der Waals surface area contributed by atoms with E-state index >= 15 is 0 Å². The molecular weight excluding hydrogens is 234 g/mol. The fourth-order valence-electron chi connectivity index (χ4n) is 3.94. The Labute approximate surface area is 119 Å². The lowest BCUT2D eigenvalue weighted by atomic mass is 9.92. The molecule has 0 aromatic rings. The average Bonchev–Trinajstić information content (AvgIpc) is 2.66. The molecule has 2 unspecified atom stereocenters. The molecule has 2 fully saturated rings. The van der Waals surface area contributed by atoms with Gasteiger partial charge in [0.2, 0.25) is 0 Å². The van der Waals surface area contributed by atoms with Crippen molar-refractivity contribution in [3.8, 4) is 0 Å². The van der Waals surface area contributed by atoms with E-state index in [0.717, 1.165) is 18.5 Å². The van der Waals surface area contributed by atoms with E-state index in [1.165, 1.54) is 77.7 Å². The summed E-state index contributed by atoms with van der Waals surface area (Å²) in [5, 5.41) is 0. The maximum Gasteiger partial charge on any atom is 0.0108 e. The maximum absolute atomic E-state index is 5.73. The molecule has 3 nitrogen and oxygen atoms in total. The van der Waals surface area contributed by atoms with Gasteiger partial charge in [-0.1, -0.05) is 6.92 Å². The smallest absolute Gasteiger partial charge is 0.0108 e. The number of piperidine rings is 1. The third kappa shape index (κ3) is 4.73. The van der Waals surface area contributed by atoms with Crippen molar-refractivity contribution in [1.29, 1.82) is 0 Å². The molecule has 0 aromatic heterocycles. The molecule has 2 atom stereocenters. The van der Waals surface area contributed by atoms with Crippen molar-refractivity contribution in [2.45, 2.75) is 57.9 Å². The van der Waals surface area contributed by atoms with Crippen LogP contribution in [0.1, 0.15) is 51.9 Å². The third-order valence-electron chi connectivity index (χ3n) is 4.97. The van der Waals surface area contributed by atoms with Crippen molar-refractivity contribution in [2.75, 3.05) is 39.3 Å². The van der Waals surface area contributed by atoms with Crippen LogP contribution in [0.4, 0.5) is 0 Å². The minimum Gasteiger partial charge on any atom is -0.330 e. The van der Waals surface area contributed by atoms with Crippen LogP contribution >= 0.6 is 0 Å². The first-order chi connectivity index (χ1) is 9.33. The van der Waals surface area contributed by atoms with E-state index < -0.39 is 0 Å². The molecule has 0 saturated carbocycles. The molecule has 19 heavy (non-hydrogen) atoms. The maximum atomic E-state index is 5.73. The summed E-state index contributed by atoms with van der Waals surface area (Å²) in [5.41, 5.74) is 5.73. The number of nitrogens with zero attached hydrogens (tertiary/aromatic N) is 2. The zero-order valence-corrected chi connectivity index (χ0v) is 12.8. The second-order valence-electron chi connectivity index (χ2n) is 6.51. The van der Waals surface area contributed by atoms with Crippen LogP contribution in [-0.4, -0.2) is 55.1 Å². The highest BCUT2D eigenvalue weighted by molar-refractivity contribution is 4.82. The number of likely N-dealkylation sites (tertiary alicyclic amines) is 2. The van der Waals surface area contributed by atoms with Gasteiger partial charge in [-0.2, -0.15) is 0 Å². The normalized spacial score (nSPS) is 31.3. The Morgan fingerprint density at radius 1 is 1.05 bits per heavy atom. The molecule has 2 saturated heterocycles. The molecule has 0 radical (unpaired) electrons. The van der Waals surface area contributed by atoms with Gasteiger partial charge in [-0.15, -0.1) is 0 Å². The molecule has 112 valence electrons. The molecule has 3 heteroatoms. The second-order valence-corrected chi connectivity index (χ2v) is 6.51. The fraction of sp³-hybridized carbons (Fsp3) is 1.00. The molecule has 0 bridgehead atoms. The van der Waals surface area contributed by atoms with Gasteiger partial charge in [-0.3, -0.25) is 0 Å². The molecule has 2 aliphatic rings. The van der Waals surface area contributed by atoms with Crippen molar-refractivity contribution >= 4 is 0 Å². The molecule has 2 rings (SSSR count). The summed E-state index contributed by atoms with van der Waals surface area (Å²) in [7, 11) is 0. The predicted molar refractivity (Wildman–Crippen MR) is 82.3 cm³/mol. The van der Waals surface area contributed by atoms with Gasteiger partial charge >= 0.3 is 0 Å². The van der Waals surface area contributed by atoms with Crippen molar-refractivity contribution in [3.05, 3.63) is 0 Å². The Kier molecular flexibility index (Phi) is 6.62. The first kappa shape index (κ1) is 15.3. The van der Waals surface area contributed by atoms with Gasteiger partial charge in [-0.25, -0.2) is 0 Å². The van der Waals surface area contributed by atoms with Gasteiger partial charge < -0.3 is 15.5 Å². The lowest BCUT2D eigenvalue weighted by Crippen LogP contribution is -2.43. The molecule has 0 amide bonds. The van der Waals surface area contributed by atoms with Crippen LogP contribution < -0.4 is 5.73 Å². The Bertz CT molecular complexity index is 242. The van der Waals surface area contributed by atoms with Gasteiger partial charge in [-0.05, 0) is 83.6 Å². The van der Waals surface area contributed by atoms with Crippen LogP contribution in [0.25, 0.3) is 0 Å². The molecule has 0 aliphatic carbocycles. The van der Waals surface area contributed by atoms with Crippen LogP contribution in [-0.2, 0) is 0 Å². The SMILES string of the molecule is CCCN1CCCC(N2CCCC(CCN)C2)CC1. The monoisotopic (exact) mass is 267 g/mol. The molecule has 2 aliphatic heterocycles. The van der Waals surface area contributed by atoms with E-state index in [-0.39, 0.29) is 0 Å². The lowest BCUT2D eigenvalue weighted by molar-refractivity contribution is 0.109. The number of hydrogen-bond donors (Lipinski definition) is 1. The molecular formula is C16H33N3. The zero-order chi connectivity index (χ0) is 13.5. The quantitative estimate of drug-likeness (QED) is 0.830. The van der Waals surface area contributed by atoms with E-state index in [2.05, 4.69) is 16.7 Å². The highest BCUT2D eigenvalue weighted by Gasteiger charge is 2.27.